The van der Waals surface area contributed by atoms with Crippen LogP contribution < -0.4 is 5.32 Å². The van der Waals surface area contributed by atoms with Gasteiger partial charge in [-0.1, -0.05) is 13.0 Å². The lowest BCUT2D eigenvalue weighted by molar-refractivity contribution is 0.232. The Morgan fingerprint density at radius 2 is 2.47 bits per heavy atom. The Morgan fingerprint density at radius 1 is 1.53 bits per heavy atom. The summed E-state index contributed by atoms with van der Waals surface area (Å²) in [5.74, 6) is 0.901. The molecule has 0 spiro atoms. The first-order valence-electron chi connectivity index (χ1n) is 6.89. The maximum atomic E-state index is 3.70. The van der Waals surface area contributed by atoms with E-state index in [0.29, 0.717) is 6.04 Å². The molecule has 0 aliphatic carbocycles. The Kier molecular flexibility index (Phi) is 3.50. The average Bonchev–Trinajstić information content (AvgIpc) is 2.98. The molecule has 3 heteroatoms. The largest absolute Gasteiger partial charge is 0.312 e. The number of thiophene rings is 1. The monoisotopic (exact) mass is 250 g/mol. The van der Waals surface area contributed by atoms with Crippen molar-refractivity contribution in [1.82, 2.24) is 10.2 Å². The summed E-state index contributed by atoms with van der Waals surface area (Å²) >= 11 is 1.91. The number of hydrogen-bond donors (Lipinski definition) is 1. The van der Waals surface area contributed by atoms with E-state index < -0.39 is 0 Å². The van der Waals surface area contributed by atoms with Crippen molar-refractivity contribution in [2.45, 2.75) is 38.3 Å². The molecule has 2 aliphatic rings. The molecule has 0 amide bonds. The first-order valence-corrected chi connectivity index (χ1v) is 7.77. The summed E-state index contributed by atoms with van der Waals surface area (Å²) in [5.41, 5.74) is 0. The van der Waals surface area contributed by atoms with Gasteiger partial charge in [0.1, 0.15) is 0 Å². The van der Waals surface area contributed by atoms with Crippen LogP contribution in [0.3, 0.4) is 0 Å². The molecule has 2 fully saturated rings. The van der Waals surface area contributed by atoms with Crippen LogP contribution in [-0.4, -0.2) is 30.6 Å². The van der Waals surface area contributed by atoms with E-state index in [2.05, 4.69) is 34.7 Å². The van der Waals surface area contributed by atoms with E-state index in [0.717, 1.165) is 12.0 Å². The second kappa shape index (κ2) is 5.09. The normalized spacial score (nSPS) is 31.4. The summed E-state index contributed by atoms with van der Waals surface area (Å²) in [5, 5.41) is 5.90. The van der Waals surface area contributed by atoms with Gasteiger partial charge in [0.15, 0.2) is 0 Å². The fourth-order valence-corrected chi connectivity index (χ4v) is 4.40. The molecule has 3 rings (SSSR count). The number of rotatable bonds is 3. The van der Waals surface area contributed by atoms with Gasteiger partial charge < -0.3 is 5.32 Å². The van der Waals surface area contributed by atoms with Crippen LogP contribution >= 0.6 is 11.3 Å². The summed E-state index contributed by atoms with van der Waals surface area (Å²) in [6, 6.07) is 5.90. The summed E-state index contributed by atoms with van der Waals surface area (Å²) in [7, 11) is 0. The van der Waals surface area contributed by atoms with Gasteiger partial charge in [0.25, 0.3) is 0 Å². The van der Waals surface area contributed by atoms with Crippen molar-refractivity contribution < 1.29 is 0 Å². The maximum absolute atomic E-state index is 3.70. The lowest BCUT2D eigenvalue weighted by Crippen LogP contribution is -2.40. The fraction of sp³-hybridized carbons (Fsp3) is 0.714. The highest BCUT2D eigenvalue weighted by Crippen LogP contribution is 2.34. The molecule has 1 aromatic heterocycles. The third kappa shape index (κ3) is 2.28. The van der Waals surface area contributed by atoms with Crippen LogP contribution in [-0.2, 0) is 0 Å². The molecule has 1 aromatic rings. The number of fused-ring (bicyclic) bond motifs is 1. The van der Waals surface area contributed by atoms with Gasteiger partial charge in [-0.25, -0.2) is 0 Å². The predicted molar refractivity (Wildman–Crippen MR) is 73.4 cm³/mol. The molecule has 1 N–H and O–H groups in total. The average molecular weight is 250 g/mol. The Balaban J connectivity index is 1.72. The van der Waals surface area contributed by atoms with Crippen LogP contribution in [0.25, 0.3) is 0 Å². The van der Waals surface area contributed by atoms with Crippen molar-refractivity contribution in [3.05, 3.63) is 22.4 Å². The van der Waals surface area contributed by atoms with Crippen molar-refractivity contribution in [1.29, 1.82) is 0 Å². The third-order valence-electron chi connectivity index (χ3n) is 4.33. The predicted octanol–water partition coefficient (Wildman–Crippen LogP) is 2.88. The quantitative estimate of drug-likeness (QED) is 0.887. The van der Waals surface area contributed by atoms with E-state index in [-0.39, 0.29) is 0 Å². The minimum atomic E-state index is 0.655. The molecular weight excluding hydrogens is 228 g/mol. The molecule has 3 heterocycles. The molecule has 0 saturated carbocycles. The standard InChI is InChI=1S/C14H22N2S/c1-2-13(14-6-4-8-17-14)16-9-11-5-3-7-15-12(11)10-16/h4,6,8,11-13,15H,2-3,5,7,9-10H2,1H3/t11-,12+,13?/m0/s1. The molecule has 0 bridgehead atoms. The Labute approximate surface area is 108 Å². The molecular formula is C14H22N2S. The van der Waals surface area contributed by atoms with Gasteiger partial charge >= 0.3 is 0 Å². The Hall–Kier alpha value is -0.380. The molecule has 2 saturated heterocycles. The highest BCUT2D eigenvalue weighted by Gasteiger charge is 2.37. The summed E-state index contributed by atoms with van der Waals surface area (Å²) in [6.07, 6.45) is 4.03. The lowest BCUT2D eigenvalue weighted by atomic mass is 9.94. The van der Waals surface area contributed by atoms with Crippen LogP contribution in [0, 0.1) is 5.92 Å². The maximum Gasteiger partial charge on any atom is 0.0439 e. The minimum Gasteiger partial charge on any atom is -0.312 e. The second-order valence-corrected chi connectivity index (χ2v) is 6.34. The minimum absolute atomic E-state index is 0.655. The molecule has 2 nitrogen and oxygen atoms in total. The lowest BCUT2D eigenvalue weighted by Gasteiger charge is -2.26. The van der Waals surface area contributed by atoms with Crippen LogP contribution in [0.1, 0.15) is 37.1 Å². The van der Waals surface area contributed by atoms with Gasteiger partial charge in [-0.2, -0.15) is 0 Å². The number of nitrogens with zero attached hydrogens (tertiary/aromatic N) is 1. The third-order valence-corrected chi connectivity index (χ3v) is 5.30. The number of hydrogen-bond acceptors (Lipinski definition) is 3. The van der Waals surface area contributed by atoms with Crippen LogP contribution in [0.15, 0.2) is 17.5 Å². The van der Waals surface area contributed by atoms with Gasteiger partial charge in [-0.15, -0.1) is 11.3 Å². The van der Waals surface area contributed by atoms with Crippen LogP contribution in [0.4, 0.5) is 0 Å². The molecule has 1 unspecified atom stereocenters. The van der Waals surface area contributed by atoms with E-state index in [1.54, 1.807) is 4.88 Å². The van der Waals surface area contributed by atoms with Gasteiger partial charge in [0, 0.05) is 30.1 Å². The number of likely N-dealkylation sites (tertiary alicyclic amines) is 1. The van der Waals surface area contributed by atoms with Crippen molar-refractivity contribution in [2.75, 3.05) is 19.6 Å². The Morgan fingerprint density at radius 3 is 3.18 bits per heavy atom. The number of nitrogens with one attached hydrogen (secondary N) is 1. The van der Waals surface area contributed by atoms with E-state index in [1.807, 2.05) is 11.3 Å². The second-order valence-electron chi connectivity index (χ2n) is 5.36. The van der Waals surface area contributed by atoms with Gasteiger partial charge in [-0.3, -0.25) is 4.90 Å². The van der Waals surface area contributed by atoms with E-state index in [1.165, 1.54) is 38.9 Å². The zero-order valence-corrected chi connectivity index (χ0v) is 11.4. The summed E-state index contributed by atoms with van der Waals surface area (Å²) in [4.78, 5) is 4.26. The number of piperidine rings is 1. The molecule has 17 heavy (non-hydrogen) atoms. The van der Waals surface area contributed by atoms with Crippen molar-refractivity contribution >= 4 is 11.3 Å². The van der Waals surface area contributed by atoms with Crippen LogP contribution in [0.2, 0.25) is 0 Å². The molecule has 94 valence electrons. The van der Waals surface area contributed by atoms with Gasteiger partial charge in [0.05, 0.1) is 0 Å². The molecule has 3 atom stereocenters. The highest BCUT2D eigenvalue weighted by molar-refractivity contribution is 7.10. The van der Waals surface area contributed by atoms with Crippen molar-refractivity contribution in [3.63, 3.8) is 0 Å². The molecule has 0 aromatic carbocycles. The van der Waals surface area contributed by atoms with Gasteiger partial charge in [-0.05, 0) is 43.2 Å². The fourth-order valence-electron chi connectivity index (χ4n) is 3.45. The Bertz CT molecular complexity index is 335. The zero-order chi connectivity index (χ0) is 11.7. The molecule has 2 aliphatic heterocycles. The first-order chi connectivity index (χ1) is 8.38. The van der Waals surface area contributed by atoms with E-state index in [4.69, 9.17) is 0 Å². The molecule has 0 radical (unpaired) electrons. The van der Waals surface area contributed by atoms with Crippen molar-refractivity contribution in [3.8, 4) is 0 Å². The highest BCUT2D eigenvalue weighted by atomic mass is 32.1. The summed E-state index contributed by atoms with van der Waals surface area (Å²) < 4.78 is 0. The topological polar surface area (TPSA) is 15.3 Å². The zero-order valence-electron chi connectivity index (χ0n) is 10.6. The van der Waals surface area contributed by atoms with Gasteiger partial charge in [0.2, 0.25) is 0 Å². The van der Waals surface area contributed by atoms with Crippen molar-refractivity contribution in [2.24, 2.45) is 5.92 Å². The smallest absolute Gasteiger partial charge is 0.0439 e. The summed E-state index contributed by atoms with van der Waals surface area (Å²) in [6.45, 7) is 6.10. The van der Waals surface area contributed by atoms with E-state index in [9.17, 15) is 0 Å². The first kappa shape index (κ1) is 11.7. The van der Waals surface area contributed by atoms with E-state index >= 15 is 0 Å². The SMILES string of the molecule is CCC(c1cccs1)N1C[C@@H]2CCCN[C@@H]2C1. The van der Waals surface area contributed by atoms with Crippen LogP contribution in [0.5, 0.6) is 0 Å².